The molecular weight excluding hydrogens is 329 g/mol. The molecule has 2 N–H and O–H groups in total. The largest absolute Gasteiger partial charge is 0.460 e. The number of nitrogens with two attached hydrogens (primary N) is 1. The quantitative estimate of drug-likeness (QED) is 0.825. The van der Waals surface area contributed by atoms with Crippen molar-refractivity contribution < 1.29 is 30.7 Å². The van der Waals surface area contributed by atoms with Gasteiger partial charge >= 0.3 is 18.0 Å². The number of fused-ring (bicyclic) bond motifs is 1. The van der Waals surface area contributed by atoms with E-state index in [2.05, 4.69) is 4.98 Å². The summed E-state index contributed by atoms with van der Waals surface area (Å²) < 4.78 is 92.8. The lowest BCUT2D eigenvalue weighted by molar-refractivity contribution is -0.359. The molecule has 0 fully saturated rings. The van der Waals surface area contributed by atoms with Crippen LogP contribution < -0.4 is 5.73 Å². The van der Waals surface area contributed by atoms with Crippen LogP contribution in [0.15, 0.2) is 24.3 Å². The van der Waals surface area contributed by atoms with Crippen LogP contribution in [-0.4, -0.2) is 17.1 Å². The third-order valence-corrected chi connectivity index (χ3v) is 3.44. The first-order valence-electron chi connectivity index (χ1n) is 6.45. The van der Waals surface area contributed by atoms with Crippen LogP contribution in [0.3, 0.4) is 0 Å². The first-order chi connectivity index (χ1) is 10.4. The molecule has 2 aromatic rings. The van der Waals surface area contributed by atoms with Crippen LogP contribution in [0.2, 0.25) is 0 Å². The molecule has 23 heavy (non-hydrogen) atoms. The average Bonchev–Trinajstić information content (AvgIpc) is 2.44. The van der Waals surface area contributed by atoms with Crippen molar-refractivity contribution in [1.82, 2.24) is 4.98 Å². The summed E-state index contributed by atoms with van der Waals surface area (Å²) in [4.78, 5) is 3.78. The lowest BCUT2D eigenvalue weighted by atomic mass is 9.91. The van der Waals surface area contributed by atoms with Gasteiger partial charge in [0.25, 0.3) is 0 Å². The SMILES string of the molecule is CCc1c(N)nc2ccccc2c1C(F)(F)C(F)(F)C(F)(F)F. The Hall–Kier alpha value is -2.06. The van der Waals surface area contributed by atoms with E-state index >= 15 is 0 Å². The molecule has 0 bridgehead atoms. The van der Waals surface area contributed by atoms with Crippen molar-refractivity contribution in [2.75, 3.05) is 5.73 Å². The van der Waals surface area contributed by atoms with Crippen LogP contribution in [0.4, 0.5) is 36.6 Å². The second-order valence-corrected chi connectivity index (χ2v) is 4.87. The summed E-state index contributed by atoms with van der Waals surface area (Å²) in [5, 5.41) is -0.493. The molecule has 0 aliphatic carbocycles. The lowest BCUT2D eigenvalue weighted by Crippen LogP contribution is -2.50. The predicted octanol–water partition coefficient (Wildman–Crippen LogP) is 4.67. The van der Waals surface area contributed by atoms with Gasteiger partial charge in [-0.05, 0) is 12.5 Å². The van der Waals surface area contributed by atoms with Crippen molar-refractivity contribution in [2.45, 2.75) is 31.4 Å². The van der Waals surface area contributed by atoms with Gasteiger partial charge in [0, 0.05) is 16.5 Å². The van der Waals surface area contributed by atoms with E-state index in [4.69, 9.17) is 5.73 Å². The molecule has 0 radical (unpaired) electrons. The van der Waals surface area contributed by atoms with E-state index in [0.717, 1.165) is 6.07 Å². The zero-order valence-corrected chi connectivity index (χ0v) is 11.7. The Bertz CT molecular complexity index is 738. The van der Waals surface area contributed by atoms with Gasteiger partial charge in [-0.3, -0.25) is 0 Å². The summed E-state index contributed by atoms with van der Waals surface area (Å²) in [6.07, 6.45) is -6.69. The number of hydrogen-bond donors (Lipinski definition) is 1. The Kier molecular flexibility index (Phi) is 3.94. The smallest absolute Gasteiger partial charge is 0.383 e. The van der Waals surface area contributed by atoms with Gasteiger partial charge in [0.2, 0.25) is 0 Å². The molecule has 2 nitrogen and oxygen atoms in total. The Morgan fingerprint density at radius 3 is 2.09 bits per heavy atom. The van der Waals surface area contributed by atoms with E-state index in [1.165, 1.54) is 25.1 Å². The van der Waals surface area contributed by atoms with Gasteiger partial charge in [-0.2, -0.15) is 30.7 Å². The van der Waals surface area contributed by atoms with Crippen LogP contribution in [0, 0.1) is 0 Å². The van der Waals surface area contributed by atoms with Crippen molar-refractivity contribution in [2.24, 2.45) is 0 Å². The summed E-state index contributed by atoms with van der Waals surface area (Å²) in [5.41, 5.74) is 3.32. The molecule has 2 rings (SSSR count). The molecule has 1 heterocycles. The molecule has 1 aromatic heterocycles. The molecule has 0 aliphatic heterocycles. The summed E-state index contributed by atoms with van der Waals surface area (Å²) in [6, 6.07) is 4.84. The Morgan fingerprint density at radius 2 is 1.57 bits per heavy atom. The number of pyridine rings is 1. The minimum atomic E-state index is -6.42. The van der Waals surface area contributed by atoms with Gasteiger partial charge < -0.3 is 5.73 Å². The van der Waals surface area contributed by atoms with E-state index in [9.17, 15) is 30.7 Å². The van der Waals surface area contributed by atoms with E-state index in [1.54, 1.807) is 0 Å². The summed E-state index contributed by atoms with van der Waals surface area (Å²) in [7, 11) is 0. The normalized spacial score (nSPS) is 13.6. The first-order valence-corrected chi connectivity index (χ1v) is 6.45. The fraction of sp³-hybridized carbons (Fsp3) is 0.357. The second-order valence-electron chi connectivity index (χ2n) is 4.87. The standard InChI is InChI=1S/C14H11F7N2/c1-2-7-10(12(15,16)13(17,18)14(19,20)21)8-5-3-4-6-9(8)23-11(7)22/h3-6H,2H2,1H3,(H2,22,23). The molecule has 126 valence electrons. The molecule has 0 atom stereocenters. The second kappa shape index (κ2) is 5.24. The van der Waals surface area contributed by atoms with Crippen LogP contribution in [0.25, 0.3) is 10.9 Å². The van der Waals surface area contributed by atoms with Crippen molar-refractivity contribution >= 4 is 16.7 Å². The number of nitrogen functional groups attached to an aromatic ring is 1. The molecule has 9 heteroatoms. The minimum absolute atomic E-state index is 0.185. The van der Waals surface area contributed by atoms with Crippen molar-refractivity contribution in [3.05, 3.63) is 35.4 Å². The van der Waals surface area contributed by atoms with Gasteiger partial charge in [-0.25, -0.2) is 4.98 Å². The van der Waals surface area contributed by atoms with Crippen molar-refractivity contribution in [3.8, 4) is 0 Å². The zero-order valence-electron chi connectivity index (χ0n) is 11.7. The van der Waals surface area contributed by atoms with Gasteiger partial charge in [-0.15, -0.1) is 0 Å². The molecule has 0 saturated carbocycles. The highest BCUT2D eigenvalue weighted by atomic mass is 19.4. The molecule has 0 unspecified atom stereocenters. The Balaban J connectivity index is 2.90. The molecule has 0 saturated heterocycles. The monoisotopic (exact) mass is 340 g/mol. The third kappa shape index (κ3) is 2.47. The molecule has 0 amide bonds. The molecule has 0 aliphatic rings. The van der Waals surface area contributed by atoms with E-state index in [1.807, 2.05) is 0 Å². The predicted molar refractivity (Wildman–Crippen MR) is 70.4 cm³/mol. The van der Waals surface area contributed by atoms with Crippen LogP contribution >= 0.6 is 0 Å². The van der Waals surface area contributed by atoms with Gasteiger partial charge in [0.05, 0.1) is 5.52 Å². The fourth-order valence-corrected chi connectivity index (χ4v) is 2.32. The van der Waals surface area contributed by atoms with Gasteiger partial charge in [-0.1, -0.05) is 25.1 Å². The summed E-state index contributed by atoms with van der Waals surface area (Å²) in [6.45, 7) is 1.31. The van der Waals surface area contributed by atoms with Crippen LogP contribution in [0.5, 0.6) is 0 Å². The maximum atomic E-state index is 14.2. The minimum Gasteiger partial charge on any atom is -0.383 e. The number of benzene rings is 1. The number of anilines is 1. The number of hydrogen-bond acceptors (Lipinski definition) is 2. The Labute approximate surface area is 126 Å². The van der Waals surface area contributed by atoms with Crippen LogP contribution in [-0.2, 0) is 12.3 Å². The van der Waals surface area contributed by atoms with Crippen molar-refractivity contribution in [1.29, 1.82) is 0 Å². The van der Waals surface area contributed by atoms with E-state index in [-0.39, 0.29) is 11.9 Å². The van der Waals surface area contributed by atoms with E-state index < -0.39 is 40.4 Å². The molecular formula is C14H11F7N2. The summed E-state index contributed by atoms with van der Waals surface area (Å²) >= 11 is 0. The lowest BCUT2D eigenvalue weighted by Gasteiger charge is -2.30. The van der Waals surface area contributed by atoms with Crippen LogP contribution in [0.1, 0.15) is 18.1 Å². The van der Waals surface area contributed by atoms with Gasteiger partial charge in [0.15, 0.2) is 0 Å². The topological polar surface area (TPSA) is 38.9 Å². The third-order valence-electron chi connectivity index (χ3n) is 3.44. The number of aromatic nitrogens is 1. The average molecular weight is 340 g/mol. The number of alkyl halides is 7. The highest BCUT2D eigenvalue weighted by molar-refractivity contribution is 5.86. The van der Waals surface area contributed by atoms with Crippen molar-refractivity contribution in [3.63, 3.8) is 0 Å². The number of para-hydroxylation sites is 1. The maximum Gasteiger partial charge on any atom is 0.460 e. The number of nitrogens with zero attached hydrogens (tertiary/aromatic N) is 1. The Morgan fingerprint density at radius 1 is 1.00 bits per heavy atom. The maximum absolute atomic E-state index is 14.2. The highest BCUT2D eigenvalue weighted by Gasteiger charge is 2.74. The number of halogens is 7. The van der Waals surface area contributed by atoms with Gasteiger partial charge in [0.1, 0.15) is 5.82 Å². The number of rotatable bonds is 3. The first kappa shape index (κ1) is 17.3. The fourth-order valence-electron chi connectivity index (χ4n) is 2.32. The summed E-state index contributed by atoms with van der Waals surface area (Å²) in [5.74, 6) is -12.2. The highest BCUT2D eigenvalue weighted by Crippen LogP contribution is 2.54. The zero-order chi connectivity index (χ0) is 17.6. The molecule has 1 aromatic carbocycles. The molecule has 0 spiro atoms. The van der Waals surface area contributed by atoms with E-state index in [0.29, 0.717) is 0 Å².